The number of aliphatic hydroxyl groups excluding tert-OH is 1. The summed E-state index contributed by atoms with van der Waals surface area (Å²) in [5.41, 5.74) is 0.590. The van der Waals surface area contributed by atoms with E-state index in [-0.39, 0.29) is 134 Å². The van der Waals surface area contributed by atoms with Crippen LogP contribution in [0.3, 0.4) is 0 Å². The quantitative estimate of drug-likeness (QED) is 0.0372. The summed E-state index contributed by atoms with van der Waals surface area (Å²) < 4.78 is 21.8. The fourth-order valence-electron chi connectivity index (χ4n) is 8.31. The van der Waals surface area contributed by atoms with Crippen LogP contribution in [0.15, 0.2) is 12.3 Å². The van der Waals surface area contributed by atoms with Gasteiger partial charge in [-0.3, -0.25) is 38.4 Å². The van der Waals surface area contributed by atoms with Crippen LogP contribution in [0.2, 0.25) is 0 Å². The van der Waals surface area contributed by atoms with E-state index >= 15 is 0 Å². The molecule has 0 unspecified atom stereocenters. The maximum absolute atomic E-state index is 12.5. The first-order valence-corrected chi connectivity index (χ1v) is 28.8. The maximum Gasteiger partial charge on any atom is 0.326 e. The summed E-state index contributed by atoms with van der Waals surface area (Å²) >= 11 is 0. The highest BCUT2D eigenvalue weighted by molar-refractivity contribution is 5.87. The predicted molar refractivity (Wildman–Crippen MR) is 295 cm³/mol. The molecule has 0 radical (unpaired) electrons. The number of unbranched alkanes of at least 4 members (excludes halogenated alkanes) is 14. The van der Waals surface area contributed by atoms with Crippen LogP contribution in [0, 0.1) is 11.8 Å². The largest absolute Gasteiger partial charge is 0.481 e. The Balaban J connectivity index is 3.98. The predicted octanol–water partition coefficient (Wildman–Crippen LogP) is 4.61. The Morgan fingerprint density at radius 3 is 1.34 bits per heavy atom. The molecule has 0 aromatic rings. The Labute approximate surface area is 472 Å². The molecule has 0 aromatic carbocycles. The van der Waals surface area contributed by atoms with Crippen molar-refractivity contribution in [3.63, 3.8) is 0 Å². The van der Waals surface area contributed by atoms with E-state index in [4.69, 9.17) is 29.2 Å². The minimum Gasteiger partial charge on any atom is -0.481 e. The van der Waals surface area contributed by atoms with Gasteiger partial charge < -0.3 is 71.1 Å². The number of ether oxygens (including phenoxy) is 4. The van der Waals surface area contributed by atoms with Crippen LogP contribution >= 0.6 is 0 Å². The van der Waals surface area contributed by atoms with E-state index in [9.17, 15) is 63.3 Å². The topological polar surface area (TPSA) is 369 Å². The van der Waals surface area contributed by atoms with Gasteiger partial charge in [-0.1, -0.05) is 97.0 Å². The molecule has 0 aromatic heterocycles. The van der Waals surface area contributed by atoms with Crippen LogP contribution in [0.25, 0.3) is 0 Å². The minimum atomic E-state index is -1.39. The monoisotopic (exact) mass is 1140 g/mol. The molecule has 0 bridgehead atoms. The molecule has 0 aliphatic rings. The lowest BCUT2D eigenvalue weighted by Gasteiger charge is -2.16. The highest BCUT2D eigenvalue weighted by Crippen LogP contribution is 2.16. The molecule has 24 heteroatoms. The van der Waals surface area contributed by atoms with Crippen molar-refractivity contribution in [3.05, 3.63) is 12.3 Å². The molecule has 4 atom stereocenters. The molecule has 0 aliphatic carbocycles. The second kappa shape index (κ2) is 50.4. The molecule has 0 heterocycles. The first-order chi connectivity index (χ1) is 38.4. The third-order valence-electron chi connectivity index (χ3n) is 13.1. The fourth-order valence-corrected chi connectivity index (χ4v) is 8.31. The van der Waals surface area contributed by atoms with Gasteiger partial charge in [-0.15, -0.1) is 0 Å². The van der Waals surface area contributed by atoms with E-state index < -0.39 is 72.5 Å². The van der Waals surface area contributed by atoms with Crippen LogP contribution in [0.4, 0.5) is 0 Å². The average molecular weight is 1140 g/mol. The molecule has 10 N–H and O–H groups in total. The minimum absolute atomic E-state index is 0.0406. The molecule has 24 nitrogen and oxygen atoms in total. The Morgan fingerprint density at radius 1 is 0.425 bits per heavy atom. The molecule has 80 heavy (non-hydrogen) atoms. The van der Waals surface area contributed by atoms with E-state index in [1.807, 2.05) is 6.92 Å². The first-order valence-electron chi connectivity index (χ1n) is 28.8. The second-order valence-corrected chi connectivity index (χ2v) is 19.9. The fraction of sp³-hybridized carbons (Fsp3) is 0.786. The number of carbonyl (C=O) groups excluding carboxylic acids is 6. The summed E-state index contributed by atoms with van der Waals surface area (Å²) in [6.07, 6.45) is 16.3. The van der Waals surface area contributed by atoms with Gasteiger partial charge in [-0.05, 0) is 51.4 Å². The Morgan fingerprint density at radius 2 is 0.863 bits per heavy atom. The number of hydrogen-bond donors (Lipinski definition) is 10. The van der Waals surface area contributed by atoms with Gasteiger partial charge >= 0.3 is 23.9 Å². The van der Waals surface area contributed by atoms with E-state index in [0.29, 0.717) is 50.9 Å². The molecule has 0 saturated heterocycles. The van der Waals surface area contributed by atoms with Gasteiger partial charge in [-0.25, -0.2) is 9.59 Å². The van der Waals surface area contributed by atoms with Crippen molar-refractivity contribution in [1.29, 1.82) is 0 Å². The number of aliphatic carboxylic acids is 4. The Hall–Kier alpha value is -5.56. The highest BCUT2D eigenvalue weighted by atomic mass is 16.5. The van der Waals surface area contributed by atoms with Crippen LogP contribution < -0.4 is 26.6 Å². The Bertz CT molecular complexity index is 1800. The number of carboxylic acid groups (broad SMARTS) is 4. The van der Waals surface area contributed by atoms with E-state index in [2.05, 4.69) is 33.2 Å². The molecular weight excluding hydrogens is 1050 g/mol. The summed E-state index contributed by atoms with van der Waals surface area (Å²) in [5.74, 6) is -8.63. The van der Waals surface area contributed by atoms with Gasteiger partial charge in [0.25, 0.3) is 0 Å². The molecule has 0 spiro atoms. The lowest BCUT2D eigenvalue weighted by molar-refractivity contribution is -0.145. The zero-order valence-electron chi connectivity index (χ0n) is 47.5. The van der Waals surface area contributed by atoms with Gasteiger partial charge in [0, 0.05) is 69.8 Å². The van der Waals surface area contributed by atoms with Crippen molar-refractivity contribution in [1.82, 2.24) is 26.6 Å². The maximum atomic E-state index is 12.5. The average Bonchev–Trinajstić information content (AvgIpc) is 3.41. The number of ketones is 2. The van der Waals surface area contributed by atoms with Gasteiger partial charge in [0.15, 0.2) is 11.6 Å². The molecule has 460 valence electrons. The normalized spacial score (nSPS) is 12.6. The summed E-state index contributed by atoms with van der Waals surface area (Å²) in [5, 5.41) is 59.7. The SMILES string of the molecule is C=C(COCCOCCNC(=O)CC[C@H](NC(=O)CCCCCCCCCCCCCCCCC(=O)O)C(=O)O)NCCOCCOCC(=O)C[C@@H](CCC(=O)N[C@@H](CCC(=O)NCCCC[C@H](CC)C(=O)CO)C(=O)O)C(=O)O. The molecular formula is C56H97N5O19. The molecule has 4 amide bonds. The number of hydrogen-bond acceptors (Lipinski definition) is 16. The standard InChI is InChI=1S/C56H97N5O19/c1-3-43(48(64)39-62)20-18-19-29-58-49(65)27-24-47(56(75)76)61-52(68)26-23-44(54(71)72)38-45(63)41-80-37-35-77-32-30-57-42(2)40-79-36-34-78-33-31-59-50(66)28-25-46(55(73)74)60-51(67)21-16-14-12-10-8-6-4-5-7-9-11-13-15-17-22-53(69)70/h43-44,46-47,57,62H,2-41H2,1H3,(H,58,65)(H,59,66)(H,60,67)(H,61,68)(H,69,70)(H,71,72)(H,73,74)(H,75,76)/t43-,44+,46-,47-/m0/s1. The smallest absolute Gasteiger partial charge is 0.326 e. The number of Topliss-reactive ketones (excluding diaryl/α,β-unsaturated/α-hetero) is 2. The van der Waals surface area contributed by atoms with Crippen molar-refractivity contribution in [2.75, 3.05) is 79.1 Å². The zero-order chi connectivity index (χ0) is 59.6. The van der Waals surface area contributed by atoms with Crippen LogP contribution in [0.5, 0.6) is 0 Å². The van der Waals surface area contributed by atoms with Gasteiger partial charge in [0.05, 0.1) is 52.2 Å². The summed E-state index contributed by atoms with van der Waals surface area (Å²) in [6.45, 7) is 7.17. The lowest BCUT2D eigenvalue weighted by atomic mass is 9.95. The number of rotatable bonds is 58. The summed E-state index contributed by atoms with van der Waals surface area (Å²) in [4.78, 5) is 119. The van der Waals surface area contributed by atoms with E-state index in [0.717, 1.165) is 51.4 Å². The second-order valence-electron chi connectivity index (χ2n) is 19.9. The molecule has 0 aliphatic heterocycles. The van der Waals surface area contributed by atoms with Crippen LogP contribution in [0.1, 0.15) is 180 Å². The number of aliphatic hydroxyl groups is 1. The third-order valence-corrected chi connectivity index (χ3v) is 13.1. The molecule has 0 saturated carbocycles. The van der Waals surface area contributed by atoms with Crippen molar-refractivity contribution in [3.8, 4) is 0 Å². The third kappa shape index (κ3) is 45.2. The highest BCUT2D eigenvalue weighted by Gasteiger charge is 2.26. The van der Waals surface area contributed by atoms with Crippen molar-refractivity contribution in [2.24, 2.45) is 11.8 Å². The van der Waals surface area contributed by atoms with Crippen molar-refractivity contribution >= 4 is 59.1 Å². The molecule has 0 rings (SSSR count). The number of nitrogens with one attached hydrogen (secondary N) is 5. The number of amides is 4. The zero-order valence-corrected chi connectivity index (χ0v) is 47.5. The van der Waals surface area contributed by atoms with Gasteiger partial charge in [0.1, 0.15) is 25.3 Å². The van der Waals surface area contributed by atoms with Gasteiger partial charge in [0.2, 0.25) is 23.6 Å². The number of carboxylic acids is 4. The molecule has 0 fully saturated rings. The van der Waals surface area contributed by atoms with Crippen LogP contribution in [-0.2, 0) is 66.9 Å². The van der Waals surface area contributed by atoms with E-state index in [1.54, 1.807) is 0 Å². The van der Waals surface area contributed by atoms with Crippen molar-refractivity contribution in [2.45, 2.75) is 192 Å². The summed E-state index contributed by atoms with van der Waals surface area (Å²) in [6, 6.07) is -2.55. The summed E-state index contributed by atoms with van der Waals surface area (Å²) in [7, 11) is 0. The first kappa shape index (κ1) is 74.4. The van der Waals surface area contributed by atoms with E-state index in [1.165, 1.54) is 32.1 Å². The lowest BCUT2D eigenvalue weighted by Crippen LogP contribution is -2.42. The number of carbonyl (C=O) groups is 10. The van der Waals surface area contributed by atoms with Crippen LogP contribution in [-0.4, -0.2) is 176 Å². The van der Waals surface area contributed by atoms with Gasteiger partial charge in [-0.2, -0.15) is 0 Å². The Kier molecular flexibility index (Phi) is 46.9. The van der Waals surface area contributed by atoms with Crippen molar-refractivity contribution < 1.29 is 92.4 Å².